The second-order valence-electron chi connectivity index (χ2n) is 11.9. The monoisotopic (exact) mass is 708 g/mol. The molecule has 3 aromatic carbocycles. The quantitative estimate of drug-likeness (QED) is 0.147. The summed E-state index contributed by atoms with van der Waals surface area (Å²) in [6, 6.07) is 23.3. The average Bonchev–Trinajstić information content (AvgIpc) is 3.31. The third-order valence-electron chi connectivity index (χ3n) is 7.52. The van der Waals surface area contributed by atoms with E-state index in [2.05, 4.69) is 50.4 Å². The third kappa shape index (κ3) is 9.14. The number of nitrogens with zero attached hydrogens (tertiary/aromatic N) is 2. The van der Waals surface area contributed by atoms with E-state index in [1.807, 2.05) is 69.0 Å². The van der Waals surface area contributed by atoms with Gasteiger partial charge in [0.2, 0.25) is 0 Å². The molecule has 0 spiro atoms. The maximum absolute atomic E-state index is 14.4. The van der Waals surface area contributed by atoms with E-state index in [4.69, 9.17) is 8.92 Å². The lowest BCUT2D eigenvalue weighted by molar-refractivity contribution is -0.0156. The summed E-state index contributed by atoms with van der Waals surface area (Å²) >= 11 is 2.11. The summed E-state index contributed by atoms with van der Waals surface area (Å²) in [5.74, 6) is -1.24. The Kier molecular flexibility index (Phi) is 11.7. The van der Waals surface area contributed by atoms with Crippen molar-refractivity contribution in [3.63, 3.8) is 0 Å². The number of hydrogen-bond donors (Lipinski definition) is 0. The molecular weight excluding hydrogens is 669 g/mol. The van der Waals surface area contributed by atoms with Crippen LogP contribution in [0.2, 0.25) is 0 Å². The lowest BCUT2D eigenvalue weighted by Crippen LogP contribution is -2.56. The van der Waals surface area contributed by atoms with Gasteiger partial charge in [-0.3, -0.25) is 14.0 Å². The fraction of sp³-hybridized carbons (Fsp3) is 0.424. The zero-order chi connectivity index (χ0) is 30.3. The predicted octanol–water partition coefficient (Wildman–Crippen LogP) is 8.75. The Morgan fingerprint density at radius 2 is 1.50 bits per heavy atom. The van der Waals surface area contributed by atoms with Crippen LogP contribution in [0, 0.1) is 11.6 Å². The number of hydrogen-bond acceptors (Lipinski definition) is 5. The van der Waals surface area contributed by atoms with E-state index in [1.165, 1.54) is 21.3 Å². The first-order chi connectivity index (χ1) is 20.0. The smallest absolute Gasteiger partial charge is 0.410 e. The molecule has 3 aromatic rings. The van der Waals surface area contributed by atoms with E-state index in [0.29, 0.717) is 25.1 Å². The zero-order valence-corrected chi connectivity index (χ0v) is 27.5. The number of ether oxygens (including phenoxy) is 1. The van der Waals surface area contributed by atoms with Crippen LogP contribution in [0.1, 0.15) is 57.2 Å². The molecule has 1 aliphatic heterocycles. The molecule has 1 heterocycles. The molecule has 226 valence electrons. The SMILES string of the molecule is CC1CCC(C(OSI)C(Cc2cc(F)cc(F)c2)N(Cc2ccccc2)Cc2ccccc2)N1C(=O)OC(C)(C)C. The van der Waals surface area contributed by atoms with Crippen LogP contribution in [0.15, 0.2) is 78.9 Å². The number of carbonyl (C=O) groups excluding carboxylic acids is 1. The maximum Gasteiger partial charge on any atom is 0.410 e. The maximum atomic E-state index is 14.4. The van der Waals surface area contributed by atoms with Gasteiger partial charge in [-0.05, 0) is 75.8 Å². The number of benzene rings is 3. The van der Waals surface area contributed by atoms with Gasteiger partial charge in [0.1, 0.15) is 23.3 Å². The lowest BCUT2D eigenvalue weighted by atomic mass is 9.92. The number of rotatable bonds is 11. The van der Waals surface area contributed by atoms with E-state index in [-0.39, 0.29) is 24.2 Å². The first-order valence-electron chi connectivity index (χ1n) is 14.3. The Bertz CT molecular complexity index is 1230. The molecule has 0 N–H and O–H groups in total. The van der Waals surface area contributed by atoms with Crippen LogP contribution in [-0.4, -0.2) is 45.7 Å². The highest BCUT2D eigenvalue weighted by Gasteiger charge is 2.46. The first-order valence-corrected chi connectivity index (χ1v) is 17.5. The highest BCUT2D eigenvalue weighted by Crippen LogP contribution is 2.36. The van der Waals surface area contributed by atoms with Gasteiger partial charge in [0, 0.05) is 52.4 Å². The number of halogens is 3. The first kappa shape index (κ1) is 32.7. The van der Waals surface area contributed by atoms with Gasteiger partial charge in [-0.2, -0.15) is 0 Å². The molecule has 9 heteroatoms. The van der Waals surface area contributed by atoms with Crippen molar-refractivity contribution in [2.24, 2.45) is 0 Å². The largest absolute Gasteiger partial charge is 0.444 e. The zero-order valence-electron chi connectivity index (χ0n) is 24.5. The topological polar surface area (TPSA) is 42.0 Å². The minimum Gasteiger partial charge on any atom is -0.444 e. The van der Waals surface area contributed by atoms with Crippen LogP contribution in [0.5, 0.6) is 0 Å². The standard InChI is InChI=1S/C33H39F2IN2O3S/c1-23-15-16-29(38(23)32(39)40-33(2,3)4)31(41-42-36)30(19-26-17-27(34)20-28(35)18-26)37(21-24-11-7-5-8-12-24)22-25-13-9-6-10-14-25/h5-14,17-18,20,23,29-31H,15-16,19,21-22H2,1-4H3. The van der Waals surface area contributed by atoms with Gasteiger partial charge < -0.3 is 4.74 Å². The molecule has 0 aromatic heterocycles. The second-order valence-corrected chi connectivity index (χ2v) is 13.3. The van der Waals surface area contributed by atoms with Crippen molar-refractivity contribution in [3.8, 4) is 0 Å². The highest BCUT2D eigenvalue weighted by atomic mass is 127. The van der Waals surface area contributed by atoms with Crippen molar-refractivity contribution in [2.75, 3.05) is 0 Å². The molecule has 4 atom stereocenters. The molecule has 42 heavy (non-hydrogen) atoms. The number of amides is 1. The molecule has 1 amide bonds. The molecule has 1 fully saturated rings. The van der Waals surface area contributed by atoms with Crippen molar-refractivity contribution < 1.29 is 22.5 Å². The van der Waals surface area contributed by atoms with Gasteiger partial charge in [0.25, 0.3) is 0 Å². The van der Waals surface area contributed by atoms with Crippen molar-refractivity contribution in [3.05, 3.63) is 107 Å². The molecule has 1 aliphatic rings. The van der Waals surface area contributed by atoms with Crippen molar-refractivity contribution in [1.29, 1.82) is 0 Å². The van der Waals surface area contributed by atoms with Gasteiger partial charge in [-0.15, -0.1) is 0 Å². The van der Waals surface area contributed by atoms with E-state index in [0.717, 1.165) is 30.0 Å². The summed E-state index contributed by atoms with van der Waals surface area (Å²) in [6.45, 7) is 8.77. The van der Waals surface area contributed by atoms with Crippen LogP contribution >= 0.6 is 30.4 Å². The third-order valence-corrected chi connectivity index (χ3v) is 8.43. The van der Waals surface area contributed by atoms with Crippen LogP contribution in [0.3, 0.4) is 0 Å². The molecular formula is C33H39F2IN2O3S. The summed E-state index contributed by atoms with van der Waals surface area (Å²) in [6.07, 6.45) is 0.985. The average molecular weight is 709 g/mol. The van der Waals surface area contributed by atoms with E-state index < -0.39 is 23.3 Å². The van der Waals surface area contributed by atoms with Crippen LogP contribution in [-0.2, 0) is 28.4 Å². The number of carbonyl (C=O) groups is 1. The fourth-order valence-corrected chi connectivity index (χ4v) is 6.81. The number of likely N-dealkylation sites (tertiary alicyclic amines) is 1. The minimum absolute atomic E-state index is 0.0425. The molecule has 4 unspecified atom stereocenters. The summed E-state index contributed by atoms with van der Waals surface area (Å²) in [5, 5.41) is 0. The molecule has 0 aliphatic carbocycles. The van der Waals surface area contributed by atoms with Crippen LogP contribution in [0.4, 0.5) is 13.6 Å². The highest BCUT2D eigenvalue weighted by molar-refractivity contribution is 14.2. The van der Waals surface area contributed by atoms with Gasteiger partial charge in [0.15, 0.2) is 0 Å². The van der Waals surface area contributed by atoms with Crippen molar-refractivity contribution in [2.45, 2.75) is 89.9 Å². The van der Waals surface area contributed by atoms with Gasteiger partial charge in [-0.25, -0.2) is 13.6 Å². The molecule has 4 rings (SSSR count). The van der Waals surface area contributed by atoms with Crippen molar-refractivity contribution in [1.82, 2.24) is 9.80 Å². The summed E-state index contributed by atoms with van der Waals surface area (Å²) in [5.41, 5.74) is 2.09. The Hall–Kier alpha value is -2.21. The summed E-state index contributed by atoms with van der Waals surface area (Å²) < 4.78 is 41.2. The molecule has 1 saturated heterocycles. The second kappa shape index (κ2) is 15.0. The fourth-order valence-electron chi connectivity index (χ4n) is 5.75. The molecule has 0 saturated carbocycles. The Balaban J connectivity index is 1.80. The van der Waals surface area contributed by atoms with Gasteiger partial charge >= 0.3 is 6.09 Å². The Morgan fingerprint density at radius 1 is 0.952 bits per heavy atom. The summed E-state index contributed by atoms with van der Waals surface area (Å²) in [4.78, 5) is 17.7. The van der Waals surface area contributed by atoms with Crippen molar-refractivity contribution >= 4 is 36.5 Å². The van der Waals surface area contributed by atoms with E-state index in [1.54, 1.807) is 0 Å². The van der Waals surface area contributed by atoms with Crippen LogP contribution in [0.25, 0.3) is 0 Å². The Morgan fingerprint density at radius 3 is 2.00 bits per heavy atom. The molecule has 5 nitrogen and oxygen atoms in total. The minimum atomic E-state index is -0.649. The summed E-state index contributed by atoms with van der Waals surface area (Å²) in [7, 11) is 1.22. The Labute approximate surface area is 264 Å². The van der Waals surface area contributed by atoms with Gasteiger partial charge in [-0.1, -0.05) is 60.7 Å². The lowest BCUT2D eigenvalue weighted by Gasteiger charge is -2.42. The van der Waals surface area contributed by atoms with E-state index >= 15 is 0 Å². The van der Waals surface area contributed by atoms with Gasteiger partial charge in [0.05, 0.1) is 15.3 Å². The molecule has 0 radical (unpaired) electrons. The molecule has 0 bridgehead atoms. The normalized spacial score (nSPS) is 18.7. The van der Waals surface area contributed by atoms with E-state index in [9.17, 15) is 13.6 Å². The van der Waals surface area contributed by atoms with Crippen LogP contribution < -0.4 is 0 Å². The predicted molar refractivity (Wildman–Crippen MR) is 173 cm³/mol.